The number of nitrogens with zero attached hydrogens (tertiary/aromatic N) is 2. The number of carbonyl (C=O) groups excluding carboxylic acids is 1. The maximum Gasteiger partial charge on any atom is 0.318 e. The number of piperidine rings is 1. The van der Waals surface area contributed by atoms with Gasteiger partial charge in [0.2, 0.25) is 0 Å². The quantitative estimate of drug-likeness (QED) is 0.686. The standard InChI is InChI=1S/C23H33N3O2S/c1-18(2)17-28-21-8-6-19(7-9-21)15-26(16-22-5-4-14-29-22)23(27)24-20-10-12-25(3)13-11-20/h4-9,14,18,20H,10-13,15-17H2,1-3H3,(H,24,27). The number of rotatable bonds is 8. The van der Waals surface area contributed by atoms with Crippen LogP contribution in [0, 0.1) is 5.92 Å². The molecule has 0 spiro atoms. The molecule has 5 nitrogen and oxygen atoms in total. The average Bonchev–Trinajstić information content (AvgIpc) is 3.22. The summed E-state index contributed by atoms with van der Waals surface area (Å²) < 4.78 is 5.77. The summed E-state index contributed by atoms with van der Waals surface area (Å²) in [4.78, 5) is 18.5. The third-order valence-electron chi connectivity index (χ3n) is 5.14. The Morgan fingerprint density at radius 1 is 1.21 bits per heavy atom. The third kappa shape index (κ3) is 7.05. The number of amides is 2. The largest absolute Gasteiger partial charge is 0.493 e. The summed E-state index contributed by atoms with van der Waals surface area (Å²) in [5, 5.41) is 5.32. The highest BCUT2D eigenvalue weighted by molar-refractivity contribution is 7.09. The molecule has 3 rings (SSSR count). The minimum absolute atomic E-state index is 0.0214. The molecular weight excluding hydrogens is 382 g/mol. The Balaban J connectivity index is 1.62. The van der Waals surface area contributed by atoms with Crippen LogP contribution in [0.2, 0.25) is 0 Å². The molecule has 1 aliphatic rings. The molecule has 29 heavy (non-hydrogen) atoms. The molecule has 158 valence electrons. The summed E-state index contributed by atoms with van der Waals surface area (Å²) in [6, 6.07) is 12.5. The van der Waals surface area contributed by atoms with Gasteiger partial charge in [-0.05, 0) is 68.0 Å². The topological polar surface area (TPSA) is 44.8 Å². The minimum Gasteiger partial charge on any atom is -0.493 e. The predicted molar refractivity (Wildman–Crippen MR) is 119 cm³/mol. The van der Waals surface area contributed by atoms with Crippen molar-refractivity contribution >= 4 is 17.4 Å². The lowest BCUT2D eigenvalue weighted by atomic mass is 10.1. The first-order chi connectivity index (χ1) is 14.0. The maximum absolute atomic E-state index is 13.0. The second-order valence-corrected chi connectivity index (χ2v) is 9.34. The molecule has 1 fully saturated rings. The van der Waals surface area contributed by atoms with Gasteiger partial charge in [0.15, 0.2) is 0 Å². The summed E-state index contributed by atoms with van der Waals surface area (Å²) >= 11 is 1.69. The van der Waals surface area contributed by atoms with E-state index in [-0.39, 0.29) is 12.1 Å². The van der Waals surface area contributed by atoms with E-state index in [4.69, 9.17) is 4.74 Å². The predicted octanol–water partition coefficient (Wildman–Crippen LogP) is 4.59. The van der Waals surface area contributed by atoms with Gasteiger partial charge in [-0.25, -0.2) is 4.79 Å². The molecule has 2 amide bonds. The Morgan fingerprint density at radius 2 is 1.93 bits per heavy atom. The summed E-state index contributed by atoms with van der Waals surface area (Å²) in [5.41, 5.74) is 1.11. The molecule has 1 saturated heterocycles. The molecular formula is C23H33N3O2S. The molecule has 0 saturated carbocycles. The molecule has 1 aliphatic heterocycles. The van der Waals surface area contributed by atoms with Crippen LogP contribution in [0.5, 0.6) is 5.75 Å². The van der Waals surface area contributed by atoms with E-state index in [1.54, 1.807) is 11.3 Å². The van der Waals surface area contributed by atoms with Gasteiger partial charge >= 0.3 is 6.03 Å². The van der Waals surface area contributed by atoms with Crippen LogP contribution in [0.4, 0.5) is 4.79 Å². The van der Waals surface area contributed by atoms with Gasteiger partial charge in [-0.2, -0.15) is 0 Å². The van der Waals surface area contributed by atoms with Crippen molar-refractivity contribution in [3.8, 4) is 5.75 Å². The normalized spacial score (nSPS) is 15.4. The molecule has 0 aliphatic carbocycles. The van der Waals surface area contributed by atoms with Crippen molar-refractivity contribution in [1.29, 1.82) is 0 Å². The highest BCUT2D eigenvalue weighted by Crippen LogP contribution is 2.18. The molecule has 0 unspecified atom stereocenters. The van der Waals surface area contributed by atoms with E-state index < -0.39 is 0 Å². The number of thiophene rings is 1. The van der Waals surface area contributed by atoms with Gasteiger partial charge in [0.05, 0.1) is 13.2 Å². The second kappa shape index (κ2) is 10.6. The minimum atomic E-state index is 0.0214. The van der Waals surface area contributed by atoms with E-state index in [1.165, 1.54) is 4.88 Å². The average molecular weight is 416 g/mol. The van der Waals surface area contributed by atoms with Crippen molar-refractivity contribution in [2.24, 2.45) is 5.92 Å². The number of benzene rings is 1. The maximum atomic E-state index is 13.0. The molecule has 6 heteroatoms. The zero-order valence-electron chi connectivity index (χ0n) is 17.8. The van der Waals surface area contributed by atoms with Crippen molar-refractivity contribution < 1.29 is 9.53 Å². The van der Waals surface area contributed by atoms with Crippen LogP contribution in [0.3, 0.4) is 0 Å². The lowest BCUT2D eigenvalue weighted by molar-refractivity contribution is 0.176. The number of nitrogens with one attached hydrogen (secondary N) is 1. The van der Waals surface area contributed by atoms with E-state index in [0.29, 0.717) is 25.6 Å². The van der Waals surface area contributed by atoms with Crippen LogP contribution in [0.1, 0.15) is 37.1 Å². The van der Waals surface area contributed by atoms with E-state index in [0.717, 1.165) is 37.2 Å². The van der Waals surface area contributed by atoms with Gasteiger partial charge in [0, 0.05) is 17.5 Å². The molecule has 0 radical (unpaired) electrons. The Hall–Kier alpha value is -2.05. The fourth-order valence-corrected chi connectivity index (χ4v) is 4.10. The van der Waals surface area contributed by atoms with Gasteiger partial charge in [-0.15, -0.1) is 11.3 Å². The van der Waals surface area contributed by atoms with Crippen molar-refractivity contribution in [2.45, 2.75) is 45.8 Å². The highest BCUT2D eigenvalue weighted by atomic mass is 32.1. The molecule has 0 bridgehead atoms. The molecule has 1 aromatic carbocycles. The van der Waals surface area contributed by atoms with Crippen molar-refractivity contribution in [3.05, 3.63) is 52.2 Å². The summed E-state index contributed by atoms with van der Waals surface area (Å²) in [7, 11) is 2.13. The summed E-state index contributed by atoms with van der Waals surface area (Å²) in [6.07, 6.45) is 2.02. The van der Waals surface area contributed by atoms with Gasteiger partial charge < -0.3 is 19.9 Å². The Kier molecular flexibility index (Phi) is 7.95. The lowest BCUT2D eigenvalue weighted by Gasteiger charge is -2.32. The zero-order valence-corrected chi connectivity index (χ0v) is 18.6. The smallest absolute Gasteiger partial charge is 0.318 e. The number of ether oxygens (including phenoxy) is 1. The molecule has 1 aromatic heterocycles. The van der Waals surface area contributed by atoms with E-state index in [9.17, 15) is 4.79 Å². The second-order valence-electron chi connectivity index (χ2n) is 8.31. The van der Waals surface area contributed by atoms with Crippen molar-refractivity contribution in [3.63, 3.8) is 0 Å². The first kappa shape index (κ1) is 21.7. The van der Waals surface area contributed by atoms with Gasteiger partial charge in [-0.3, -0.25) is 0 Å². The lowest BCUT2D eigenvalue weighted by Crippen LogP contribution is -2.48. The van der Waals surface area contributed by atoms with E-state index in [1.807, 2.05) is 23.1 Å². The van der Waals surface area contributed by atoms with Crippen LogP contribution < -0.4 is 10.1 Å². The molecule has 2 aromatic rings. The number of carbonyl (C=O) groups is 1. The Bertz CT molecular complexity index is 738. The fraction of sp³-hybridized carbons (Fsp3) is 0.522. The van der Waals surface area contributed by atoms with Gasteiger partial charge in [-0.1, -0.05) is 32.0 Å². The first-order valence-electron chi connectivity index (χ1n) is 10.5. The Labute approximate surface area is 178 Å². The van der Waals surface area contributed by atoms with E-state index >= 15 is 0 Å². The number of hydrogen-bond donors (Lipinski definition) is 1. The molecule has 0 atom stereocenters. The summed E-state index contributed by atoms with van der Waals surface area (Å²) in [6.45, 7) is 8.27. The monoisotopic (exact) mass is 415 g/mol. The van der Waals surface area contributed by atoms with Crippen LogP contribution >= 0.6 is 11.3 Å². The van der Waals surface area contributed by atoms with Crippen molar-refractivity contribution in [1.82, 2.24) is 15.1 Å². The third-order valence-corrected chi connectivity index (χ3v) is 6.00. The van der Waals surface area contributed by atoms with E-state index in [2.05, 4.69) is 54.7 Å². The number of hydrogen-bond acceptors (Lipinski definition) is 4. The number of urea groups is 1. The molecule has 2 heterocycles. The number of likely N-dealkylation sites (tertiary alicyclic amines) is 1. The Morgan fingerprint density at radius 3 is 2.55 bits per heavy atom. The van der Waals surface area contributed by atoms with Crippen molar-refractivity contribution in [2.75, 3.05) is 26.7 Å². The SMILES string of the molecule is CC(C)COc1ccc(CN(Cc2cccs2)C(=O)NC2CCN(C)CC2)cc1. The van der Waals surface area contributed by atoms with Crippen LogP contribution in [0.25, 0.3) is 0 Å². The fourth-order valence-electron chi connectivity index (χ4n) is 3.38. The first-order valence-corrected chi connectivity index (χ1v) is 11.4. The molecule has 1 N–H and O–H groups in total. The summed E-state index contributed by atoms with van der Waals surface area (Å²) in [5.74, 6) is 1.38. The van der Waals surface area contributed by atoms with Gasteiger partial charge in [0.1, 0.15) is 5.75 Å². The highest BCUT2D eigenvalue weighted by Gasteiger charge is 2.22. The van der Waals surface area contributed by atoms with Crippen LogP contribution in [-0.4, -0.2) is 48.6 Å². The zero-order chi connectivity index (χ0) is 20.6. The van der Waals surface area contributed by atoms with Crippen LogP contribution in [0.15, 0.2) is 41.8 Å². The van der Waals surface area contributed by atoms with Crippen LogP contribution in [-0.2, 0) is 13.1 Å². The van der Waals surface area contributed by atoms with Gasteiger partial charge in [0.25, 0.3) is 0 Å².